The van der Waals surface area contributed by atoms with Crippen molar-refractivity contribution in [3.8, 4) is 5.75 Å². The summed E-state index contributed by atoms with van der Waals surface area (Å²) in [4.78, 5) is 23.6. The molecule has 134 valence electrons. The number of carbonyl (C=O) groups is 2. The van der Waals surface area contributed by atoms with Gasteiger partial charge in [-0.15, -0.1) is 0 Å². The van der Waals surface area contributed by atoms with Gasteiger partial charge < -0.3 is 20.2 Å². The van der Waals surface area contributed by atoms with Crippen molar-refractivity contribution >= 4 is 34.4 Å². The highest BCUT2D eigenvalue weighted by molar-refractivity contribution is 6.31. The van der Waals surface area contributed by atoms with E-state index in [4.69, 9.17) is 26.5 Å². The van der Waals surface area contributed by atoms with Crippen LogP contribution in [0.2, 0.25) is 5.02 Å². The lowest BCUT2D eigenvalue weighted by molar-refractivity contribution is -0.123. The molecule has 6 nitrogen and oxygen atoms in total. The van der Waals surface area contributed by atoms with Crippen molar-refractivity contribution in [2.24, 2.45) is 5.73 Å². The number of primary amides is 1. The van der Waals surface area contributed by atoms with Crippen molar-refractivity contribution in [1.29, 1.82) is 0 Å². The van der Waals surface area contributed by atoms with Gasteiger partial charge in [-0.25, -0.2) is 0 Å². The Morgan fingerprint density at radius 1 is 1.23 bits per heavy atom. The van der Waals surface area contributed by atoms with Gasteiger partial charge in [-0.05, 0) is 37.3 Å². The van der Waals surface area contributed by atoms with Crippen LogP contribution in [0.15, 0.2) is 52.9 Å². The van der Waals surface area contributed by atoms with Gasteiger partial charge in [-0.3, -0.25) is 9.59 Å². The number of furan rings is 1. The van der Waals surface area contributed by atoms with Crippen LogP contribution < -0.4 is 15.8 Å². The number of amides is 2. The molecule has 3 N–H and O–H groups in total. The second-order valence-electron chi connectivity index (χ2n) is 5.77. The molecule has 3 rings (SSSR count). The van der Waals surface area contributed by atoms with Crippen LogP contribution in [0.4, 0.5) is 0 Å². The van der Waals surface area contributed by atoms with Gasteiger partial charge in [0.25, 0.3) is 11.8 Å². The van der Waals surface area contributed by atoms with Gasteiger partial charge in [-0.1, -0.05) is 29.8 Å². The monoisotopic (exact) mass is 372 g/mol. The zero-order chi connectivity index (χ0) is 18.7. The molecule has 0 aliphatic heterocycles. The van der Waals surface area contributed by atoms with Crippen molar-refractivity contribution in [3.63, 3.8) is 0 Å². The van der Waals surface area contributed by atoms with Gasteiger partial charge in [0.2, 0.25) is 0 Å². The first-order valence-electron chi connectivity index (χ1n) is 7.94. The molecule has 0 bridgehead atoms. The zero-order valence-electron chi connectivity index (χ0n) is 14.0. The molecular formula is C19H17ClN2O4. The molecule has 1 aromatic heterocycles. The van der Waals surface area contributed by atoms with E-state index in [0.29, 0.717) is 10.8 Å². The highest BCUT2D eigenvalue weighted by Crippen LogP contribution is 2.24. The summed E-state index contributed by atoms with van der Waals surface area (Å²) in [5, 5.41) is 4.11. The van der Waals surface area contributed by atoms with E-state index in [1.165, 1.54) is 12.1 Å². The molecule has 0 radical (unpaired) electrons. The van der Waals surface area contributed by atoms with E-state index in [-0.39, 0.29) is 29.9 Å². The third kappa shape index (κ3) is 3.97. The minimum absolute atomic E-state index is 0.121. The maximum atomic E-state index is 12.1. The van der Waals surface area contributed by atoms with E-state index in [0.717, 1.165) is 11.0 Å². The fourth-order valence-corrected chi connectivity index (χ4v) is 2.71. The summed E-state index contributed by atoms with van der Waals surface area (Å²) in [5.41, 5.74) is 6.17. The summed E-state index contributed by atoms with van der Waals surface area (Å²) in [5.74, 6) is -0.195. The highest BCUT2D eigenvalue weighted by Gasteiger charge is 2.16. The summed E-state index contributed by atoms with van der Waals surface area (Å²) < 4.78 is 11.1. The molecule has 2 aromatic carbocycles. The first kappa shape index (κ1) is 17.8. The largest absolute Gasteiger partial charge is 0.483 e. The third-order valence-electron chi connectivity index (χ3n) is 3.81. The van der Waals surface area contributed by atoms with Crippen molar-refractivity contribution in [2.75, 3.05) is 6.61 Å². The van der Waals surface area contributed by atoms with Gasteiger partial charge in [-0.2, -0.15) is 0 Å². The van der Waals surface area contributed by atoms with Gasteiger partial charge in [0.05, 0.1) is 11.6 Å². The number of hydrogen-bond acceptors (Lipinski definition) is 4. The average molecular weight is 373 g/mol. The summed E-state index contributed by atoms with van der Waals surface area (Å²) in [6, 6.07) is 13.6. The van der Waals surface area contributed by atoms with Crippen LogP contribution in [0, 0.1) is 0 Å². The van der Waals surface area contributed by atoms with E-state index >= 15 is 0 Å². The van der Waals surface area contributed by atoms with Crippen LogP contribution in [0.3, 0.4) is 0 Å². The fourth-order valence-electron chi connectivity index (χ4n) is 2.53. The molecule has 26 heavy (non-hydrogen) atoms. The van der Waals surface area contributed by atoms with Crippen LogP contribution in [0.25, 0.3) is 11.0 Å². The van der Waals surface area contributed by atoms with Gasteiger partial charge in [0.15, 0.2) is 6.61 Å². The summed E-state index contributed by atoms with van der Waals surface area (Å²) in [6.45, 7) is 1.54. The van der Waals surface area contributed by atoms with Crippen LogP contribution >= 0.6 is 11.6 Å². The molecule has 0 fully saturated rings. The molecule has 0 aliphatic carbocycles. The highest BCUT2D eigenvalue weighted by atomic mass is 35.5. The fraction of sp³-hybridized carbons (Fsp3) is 0.158. The first-order valence-corrected chi connectivity index (χ1v) is 8.32. The number of nitrogens with one attached hydrogen (secondary N) is 1. The topological polar surface area (TPSA) is 94.6 Å². The molecule has 0 saturated heterocycles. The smallest absolute Gasteiger partial charge is 0.258 e. The number of nitrogens with two attached hydrogens (primary N) is 1. The Labute approximate surface area is 154 Å². The maximum absolute atomic E-state index is 12.1. The third-order valence-corrected chi connectivity index (χ3v) is 4.05. The first-order chi connectivity index (χ1) is 12.4. The van der Waals surface area contributed by atoms with E-state index in [1.807, 2.05) is 37.3 Å². The molecule has 0 unspecified atom stereocenters. The molecule has 2 amide bonds. The van der Waals surface area contributed by atoms with Gasteiger partial charge >= 0.3 is 0 Å². The molecule has 0 aliphatic rings. The Bertz CT molecular complexity index is 934. The molecule has 1 atom stereocenters. The van der Waals surface area contributed by atoms with Crippen LogP contribution in [0.5, 0.6) is 5.75 Å². The lowest BCUT2D eigenvalue weighted by Gasteiger charge is -2.13. The minimum atomic E-state index is -0.682. The van der Waals surface area contributed by atoms with Gasteiger partial charge in [0.1, 0.15) is 17.1 Å². The Hall–Kier alpha value is -2.99. The Balaban J connectivity index is 1.63. The maximum Gasteiger partial charge on any atom is 0.258 e. The summed E-state index contributed by atoms with van der Waals surface area (Å²) in [6.07, 6.45) is 0. The molecule has 0 saturated carbocycles. The normalized spacial score (nSPS) is 11.9. The number of ether oxygens (including phenoxy) is 1. The van der Waals surface area contributed by atoms with E-state index in [9.17, 15) is 9.59 Å². The van der Waals surface area contributed by atoms with Crippen molar-refractivity contribution in [1.82, 2.24) is 5.32 Å². The van der Waals surface area contributed by atoms with Gasteiger partial charge in [0, 0.05) is 10.4 Å². The Morgan fingerprint density at radius 3 is 2.73 bits per heavy atom. The molecule has 0 spiro atoms. The standard InChI is InChI=1S/C19H17ClN2O4/c1-11(17-8-12-4-2-3-5-15(12)26-17)22-18(23)10-25-16-7-6-13(20)9-14(16)19(21)24/h2-9,11H,10H2,1H3,(H2,21,24)(H,22,23)/t11-/m1/s1. The van der Waals surface area contributed by atoms with E-state index in [1.54, 1.807) is 6.07 Å². The Morgan fingerprint density at radius 2 is 2.00 bits per heavy atom. The lowest BCUT2D eigenvalue weighted by atomic mass is 10.2. The number of carbonyl (C=O) groups excluding carboxylic acids is 2. The second kappa shape index (κ2) is 7.49. The predicted molar refractivity (Wildman–Crippen MR) is 98.2 cm³/mol. The predicted octanol–water partition coefficient (Wildman–Crippen LogP) is 3.44. The molecule has 1 heterocycles. The number of para-hydroxylation sites is 1. The average Bonchev–Trinajstić information content (AvgIpc) is 3.05. The summed E-state index contributed by atoms with van der Waals surface area (Å²) in [7, 11) is 0. The lowest BCUT2D eigenvalue weighted by Crippen LogP contribution is -2.31. The molecule has 3 aromatic rings. The summed E-state index contributed by atoms with van der Waals surface area (Å²) >= 11 is 5.84. The van der Waals surface area contributed by atoms with Crippen LogP contribution in [-0.2, 0) is 4.79 Å². The quantitative estimate of drug-likeness (QED) is 0.692. The number of halogens is 1. The number of hydrogen-bond donors (Lipinski definition) is 2. The van der Waals surface area contributed by atoms with Crippen molar-refractivity contribution in [3.05, 3.63) is 64.9 Å². The minimum Gasteiger partial charge on any atom is -0.483 e. The zero-order valence-corrected chi connectivity index (χ0v) is 14.7. The molecule has 7 heteroatoms. The van der Waals surface area contributed by atoms with Crippen LogP contribution in [-0.4, -0.2) is 18.4 Å². The van der Waals surface area contributed by atoms with Crippen molar-refractivity contribution in [2.45, 2.75) is 13.0 Å². The second-order valence-corrected chi connectivity index (χ2v) is 6.21. The van der Waals surface area contributed by atoms with Crippen molar-refractivity contribution < 1.29 is 18.7 Å². The number of benzene rings is 2. The number of fused-ring (bicyclic) bond motifs is 1. The SMILES string of the molecule is C[C@@H](NC(=O)COc1ccc(Cl)cc1C(N)=O)c1cc2ccccc2o1. The number of rotatable bonds is 6. The molecular weight excluding hydrogens is 356 g/mol. The van der Waals surface area contributed by atoms with E-state index in [2.05, 4.69) is 5.32 Å². The van der Waals surface area contributed by atoms with Crippen LogP contribution in [0.1, 0.15) is 29.1 Å². The van der Waals surface area contributed by atoms with E-state index < -0.39 is 5.91 Å². The Kier molecular flexibility index (Phi) is 5.14.